The Kier molecular flexibility index (Phi) is 5.56. The van der Waals surface area contributed by atoms with Crippen molar-refractivity contribution < 1.29 is 4.79 Å². The Bertz CT molecular complexity index is 390. The first-order valence-corrected chi connectivity index (χ1v) is 7.22. The van der Waals surface area contributed by atoms with Gasteiger partial charge < -0.3 is 4.90 Å². The van der Waals surface area contributed by atoms with Crippen molar-refractivity contribution in [1.82, 2.24) is 4.90 Å². The second-order valence-electron chi connectivity index (χ2n) is 4.26. The zero-order chi connectivity index (χ0) is 12.8. The molecule has 3 heteroatoms. The van der Waals surface area contributed by atoms with Gasteiger partial charge in [-0.05, 0) is 37.3 Å². The molecule has 1 aromatic rings. The minimum absolute atomic E-state index is 0.131. The number of rotatable bonds is 5. The first-order chi connectivity index (χ1) is 8.10. The standard InChI is InChI=1S/C14H21NOS/c1-5-6-9-15(3)14(16)13-10-12(17-4)8-7-11(13)2/h7-8,10H,5-6,9H2,1-4H3. The van der Waals surface area contributed by atoms with E-state index in [0.717, 1.165) is 35.4 Å². The van der Waals surface area contributed by atoms with Crippen molar-refractivity contribution in [2.75, 3.05) is 19.8 Å². The molecule has 0 aliphatic heterocycles. The third-order valence-electron chi connectivity index (χ3n) is 2.87. The molecule has 0 bridgehead atoms. The van der Waals surface area contributed by atoms with Crippen LogP contribution in [-0.2, 0) is 0 Å². The Balaban J connectivity index is 2.87. The molecule has 0 spiro atoms. The molecule has 1 amide bonds. The molecule has 0 fully saturated rings. The maximum Gasteiger partial charge on any atom is 0.253 e. The first-order valence-electron chi connectivity index (χ1n) is 6.00. The van der Waals surface area contributed by atoms with Crippen molar-refractivity contribution in [1.29, 1.82) is 0 Å². The second-order valence-corrected chi connectivity index (χ2v) is 5.14. The molecular formula is C14H21NOS. The van der Waals surface area contributed by atoms with Gasteiger partial charge in [0.15, 0.2) is 0 Å². The Hall–Kier alpha value is -0.960. The van der Waals surface area contributed by atoms with Crippen LogP contribution in [0.3, 0.4) is 0 Å². The zero-order valence-electron chi connectivity index (χ0n) is 11.1. The third-order valence-corrected chi connectivity index (χ3v) is 3.59. The predicted molar refractivity (Wildman–Crippen MR) is 74.8 cm³/mol. The Morgan fingerprint density at radius 3 is 2.71 bits per heavy atom. The van der Waals surface area contributed by atoms with Crippen LogP contribution in [-0.4, -0.2) is 30.7 Å². The van der Waals surface area contributed by atoms with Gasteiger partial charge in [-0.15, -0.1) is 11.8 Å². The van der Waals surface area contributed by atoms with E-state index in [1.165, 1.54) is 0 Å². The number of benzene rings is 1. The fourth-order valence-electron chi connectivity index (χ4n) is 1.66. The fourth-order valence-corrected chi connectivity index (χ4v) is 2.10. The lowest BCUT2D eigenvalue weighted by atomic mass is 10.1. The van der Waals surface area contributed by atoms with Crippen LogP contribution in [0, 0.1) is 6.92 Å². The molecule has 0 saturated carbocycles. The average molecular weight is 251 g/mol. The maximum absolute atomic E-state index is 12.3. The number of hydrogen-bond acceptors (Lipinski definition) is 2. The summed E-state index contributed by atoms with van der Waals surface area (Å²) < 4.78 is 0. The van der Waals surface area contributed by atoms with Gasteiger partial charge >= 0.3 is 0 Å². The summed E-state index contributed by atoms with van der Waals surface area (Å²) in [6.07, 6.45) is 4.20. The Morgan fingerprint density at radius 2 is 2.12 bits per heavy atom. The van der Waals surface area contributed by atoms with Gasteiger partial charge in [0.1, 0.15) is 0 Å². The van der Waals surface area contributed by atoms with E-state index in [4.69, 9.17) is 0 Å². The van der Waals surface area contributed by atoms with E-state index in [1.807, 2.05) is 37.3 Å². The van der Waals surface area contributed by atoms with Crippen LogP contribution in [0.15, 0.2) is 23.1 Å². The van der Waals surface area contributed by atoms with Crippen LogP contribution < -0.4 is 0 Å². The summed E-state index contributed by atoms with van der Waals surface area (Å²) in [4.78, 5) is 15.2. The summed E-state index contributed by atoms with van der Waals surface area (Å²) in [5, 5.41) is 0. The highest BCUT2D eigenvalue weighted by molar-refractivity contribution is 7.98. The molecule has 0 aliphatic rings. The number of aryl methyl sites for hydroxylation is 1. The van der Waals surface area contributed by atoms with Crippen LogP contribution in [0.25, 0.3) is 0 Å². The highest BCUT2D eigenvalue weighted by atomic mass is 32.2. The second kappa shape index (κ2) is 6.70. The third kappa shape index (κ3) is 3.77. The molecule has 0 aliphatic carbocycles. The van der Waals surface area contributed by atoms with E-state index >= 15 is 0 Å². The summed E-state index contributed by atoms with van der Waals surface area (Å²) in [7, 11) is 1.88. The van der Waals surface area contributed by atoms with Crippen molar-refractivity contribution >= 4 is 17.7 Å². The number of thioether (sulfide) groups is 1. The van der Waals surface area contributed by atoms with Crippen LogP contribution >= 0.6 is 11.8 Å². The van der Waals surface area contributed by atoms with Gasteiger partial charge in [-0.2, -0.15) is 0 Å². The molecule has 2 nitrogen and oxygen atoms in total. The molecule has 0 N–H and O–H groups in total. The molecule has 0 heterocycles. The molecule has 17 heavy (non-hydrogen) atoms. The van der Waals surface area contributed by atoms with Crippen LogP contribution in [0.1, 0.15) is 35.7 Å². The molecular weight excluding hydrogens is 230 g/mol. The van der Waals surface area contributed by atoms with Crippen molar-refractivity contribution in [3.05, 3.63) is 29.3 Å². The maximum atomic E-state index is 12.3. The summed E-state index contributed by atoms with van der Waals surface area (Å²) in [6, 6.07) is 6.07. The fraction of sp³-hybridized carbons (Fsp3) is 0.500. The number of unbranched alkanes of at least 4 members (excludes halogenated alkanes) is 1. The lowest BCUT2D eigenvalue weighted by molar-refractivity contribution is 0.0792. The summed E-state index contributed by atoms with van der Waals surface area (Å²) in [5.41, 5.74) is 1.88. The molecule has 1 aromatic carbocycles. The van der Waals surface area contributed by atoms with Gasteiger partial charge in [0, 0.05) is 24.1 Å². The molecule has 94 valence electrons. The SMILES string of the molecule is CCCCN(C)C(=O)c1cc(SC)ccc1C. The smallest absolute Gasteiger partial charge is 0.253 e. The summed E-state index contributed by atoms with van der Waals surface area (Å²) >= 11 is 1.67. The largest absolute Gasteiger partial charge is 0.342 e. The molecule has 1 rings (SSSR count). The van der Waals surface area contributed by atoms with Gasteiger partial charge in [0.05, 0.1) is 0 Å². The average Bonchev–Trinajstić information content (AvgIpc) is 2.35. The summed E-state index contributed by atoms with van der Waals surface area (Å²) in [6.45, 7) is 4.96. The highest BCUT2D eigenvalue weighted by Gasteiger charge is 2.13. The minimum atomic E-state index is 0.131. The monoisotopic (exact) mass is 251 g/mol. The van der Waals surface area contributed by atoms with Gasteiger partial charge in [-0.3, -0.25) is 4.79 Å². The van der Waals surface area contributed by atoms with E-state index < -0.39 is 0 Å². The minimum Gasteiger partial charge on any atom is -0.342 e. The van der Waals surface area contributed by atoms with Crippen LogP contribution in [0.5, 0.6) is 0 Å². The van der Waals surface area contributed by atoms with E-state index in [1.54, 1.807) is 11.8 Å². The molecule has 0 saturated heterocycles. The number of amides is 1. The van der Waals surface area contributed by atoms with Gasteiger partial charge in [-0.1, -0.05) is 19.4 Å². The summed E-state index contributed by atoms with van der Waals surface area (Å²) in [5.74, 6) is 0.131. The van der Waals surface area contributed by atoms with Gasteiger partial charge in [0.2, 0.25) is 0 Å². The van der Waals surface area contributed by atoms with E-state index in [2.05, 4.69) is 13.0 Å². The highest BCUT2D eigenvalue weighted by Crippen LogP contribution is 2.20. The molecule has 0 aromatic heterocycles. The van der Waals surface area contributed by atoms with Crippen molar-refractivity contribution in [3.8, 4) is 0 Å². The first kappa shape index (κ1) is 14.1. The van der Waals surface area contributed by atoms with Crippen molar-refractivity contribution in [2.45, 2.75) is 31.6 Å². The predicted octanol–water partition coefficient (Wildman–Crippen LogP) is 3.59. The van der Waals surface area contributed by atoms with Crippen LogP contribution in [0.4, 0.5) is 0 Å². The topological polar surface area (TPSA) is 20.3 Å². The lowest BCUT2D eigenvalue weighted by Gasteiger charge is -2.18. The number of nitrogens with zero attached hydrogens (tertiary/aromatic N) is 1. The normalized spacial score (nSPS) is 10.4. The number of carbonyl (C=O) groups is 1. The number of carbonyl (C=O) groups excluding carboxylic acids is 1. The quantitative estimate of drug-likeness (QED) is 0.745. The Morgan fingerprint density at radius 1 is 1.41 bits per heavy atom. The van der Waals surface area contributed by atoms with E-state index in [0.29, 0.717) is 0 Å². The van der Waals surface area contributed by atoms with Crippen LogP contribution in [0.2, 0.25) is 0 Å². The van der Waals surface area contributed by atoms with Gasteiger partial charge in [-0.25, -0.2) is 0 Å². The lowest BCUT2D eigenvalue weighted by Crippen LogP contribution is -2.28. The Labute approximate surface area is 108 Å². The molecule has 0 radical (unpaired) electrons. The van der Waals surface area contributed by atoms with E-state index in [-0.39, 0.29) is 5.91 Å². The van der Waals surface area contributed by atoms with E-state index in [9.17, 15) is 4.79 Å². The van der Waals surface area contributed by atoms with Crippen molar-refractivity contribution in [2.24, 2.45) is 0 Å². The van der Waals surface area contributed by atoms with Crippen molar-refractivity contribution in [3.63, 3.8) is 0 Å². The van der Waals surface area contributed by atoms with Gasteiger partial charge in [0.25, 0.3) is 5.91 Å². The molecule has 0 atom stereocenters. The number of hydrogen-bond donors (Lipinski definition) is 0. The molecule has 0 unspecified atom stereocenters. The zero-order valence-corrected chi connectivity index (χ0v) is 11.9.